The van der Waals surface area contributed by atoms with E-state index in [0.717, 1.165) is 64.6 Å². The van der Waals surface area contributed by atoms with Gasteiger partial charge in [-0.05, 0) is 59.8 Å². The summed E-state index contributed by atoms with van der Waals surface area (Å²) in [7, 11) is 2.57. The average Bonchev–Trinajstić information content (AvgIpc) is 4.10. The van der Waals surface area contributed by atoms with Crippen molar-refractivity contribution >= 4 is 24.0 Å². The molecule has 0 spiro atoms. The van der Waals surface area contributed by atoms with Crippen LogP contribution in [0.2, 0.25) is 0 Å². The van der Waals surface area contributed by atoms with Crippen molar-refractivity contribution in [3.8, 4) is 46.5 Å². The molecule has 4 aromatic rings. The van der Waals surface area contributed by atoms with E-state index in [1.807, 2.05) is 51.7 Å². The second kappa shape index (κ2) is 20.9. The van der Waals surface area contributed by atoms with Crippen molar-refractivity contribution < 1.29 is 28.7 Å². The summed E-state index contributed by atoms with van der Waals surface area (Å²) in [5.41, 5.74) is 5.78. The lowest BCUT2D eigenvalue weighted by molar-refractivity contribution is -0.135. The first-order chi connectivity index (χ1) is 28.0. The Morgan fingerprint density at radius 2 is 1.26 bits per heavy atom. The number of hydrogen-bond acceptors (Lipinski definition) is 8. The zero-order chi connectivity index (χ0) is 42.5. The number of rotatable bonds is 11. The van der Waals surface area contributed by atoms with Crippen LogP contribution in [-0.2, 0) is 19.1 Å². The van der Waals surface area contributed by atoms with E-state index in [-0.39, 0.29) is 29.8 Å². The first-order valence-electron chi connectivity index (χ1n) is 20.0. The molecule has 4 amide bonds. The van der Waals surface area contributed by atoms with Gasteiger partial charge in [0.2, 0.25) is 11.8 Å². The van der Waals surface area contributed by atoms with Crippen LogP contribution in [-0.4, -0.2) is 93.1 Å². The zero-order valence-electron chi connectivity index (χ0n) is 34.9. The number of methoxy groups -OCH3 is 2. The number of amides is 4. The number of imidazole rings is 2. The Hall–Kier alpha value is -6.10. The van der Waals surface area contributed by atoms with Crippen molar-refractivity contribution in [3.63, 3.8) is 0 Å². The maximum Gasteiger partial charge on any atom is 0.407 e. The van der Waals surface area contributed by atoms with Crippen molar-refractivity contribution in [3.05, 3.63) is 72.6 Å². The highest BCUT2D eigenvalue weighted by molar-refractivity contribution is 5.87. The van der Waals surface area contributed by atoms with E-state index >= 15 is 0 Å². The number of carbonyl (C=O) groups is 4. The number of aromatic amines is 2. The van der Waals surface area contributed by atoms with Gasteiger partial charge >= 0.3 is 12.2 Å². The number of aromatic nitrogens is 4. The van der Waals surface area contributed by atoms with E-state index in [1.54, 1.807) is 17.3 Å². The van der Waals surface area contributed by atoms with Crippen LogP contribution in [0.1, 0.15) is 91.0 Å². The molecule has 0 bridgehead atoms. The first kappa shape index (κ1) is 44.6. The molecule has 2 aliphatic heterocycles. The Balaban J connectivity index is 0.00000180. The van der Waals surface area contributed by atoms with E-state index < -0.39 is 24.3 Å². The largest absolute Gasteiger partial charge is 0.453 e. The summed E-state index contributed by atoms with van der Waals surface area (Å²) in [5.74, 6) is 1.35. The molecule has 5 atom stereocenters. The number of nitrogens with one attached hydrogen (secondary N) is 4. The maximum absolute atomic E-state index is 13.5. The minimum absolute atomic E-state index is 0.104. The molecule has 14 heteroatoms. The fourth-order valence-corrected chi connectivity index (χ4v) is 7.47. The molecular weight excluding hydrogens is 737 g/mol. The zero-order valence-corrected chi connectivity index (χ0v) is 34.9. The van der Waals surface area contributed by atoms with Crippen LogP contribution < -0.4 is 10.6 Å². The van der Waals surface area contributed by atoms with Crippen molar-refractivity contribution in [1.29, 1.82) is 0 Å². The molecule has 2 saturated heterocycles. The van der Waals surface area contributed by atoms with Gasteiger partial charge < -0.3 is 39.9 Å². The Morgan fingerprint density at radius 1 is 0.776 bits per heavy atom. The molecule has 2 aliphatic rings. The molecule has 4 N–H and O–H groups in total. The third kappa shape index (κ3) is 10.2. The molecule has 2 aromatic carbocycles. The number of ether oxygens (including phenoxy) is 2. The highest BCUT2D eigenvalue weighted by Gasteiger charge is 2.39. The van der Waals surface area contributed by atoms with Crippen LogP contribution >= 0.6 is 0 Å². The van der Waals surface area contributed by atoms with Gasteiger partial charge in [-0.1, -0.05) is 90.1 Å². The van der Waals surface area contributed by atoms with Crippen LogP contribution in [0.15, 0.2) is 60.9 Å². The van der Waals surface area contributed by atoms with Gasteiger partial charge in [0.25, 0.3) is 0 Å². The molecule has 14 nitrogen and oxygen atoms in total. The number of H-pyrrole nitrogens is 2. The summed E-state index contributed by atoms with van der Waals surface area (Å²) < 4.78 is 9.47. The van der Waals surface area contributed by atoms with Crippen LogP contribution in [0.5, 0.6) is 0 Å². The topological polar surface area (TPSA) is 175 Å². The van der Waals surface area contributed by atoms with Crippen molar-refractivity contribution in [1.82, 2.24) is 40.4 Å². The Kier molecular flexibility index (Phi) is 16.1. The number of benzene rings is 2. The highest BCUT2D eigenvalue weighted by Crippen LogP contribution is 2.36. The van der Waals surface area contributed by atoms with E-state index in [2.05, 4.69) is 86.7 Å². The second-order valence-electron chi connectivity index (χ2n) is 14.5. The molecule has 2 aromatic heterocycles. The van der Waals surface area contributed by atoms with E-state index in [0.29, 0.717) is 25.4 Å². The van der Waals surface area contributed by atoms with Crippen LogP contribution in [0.3, 0.4) is 0 Å². The van der Waals surface area contributed by atoms with E-state index in [1.165, 1.54) is 14.2 Å². The highest BCUT2D eigenvalue weighted by atomic mass is 16.5. The fraction of sp³-hybridized carbons (Fsp3) is 0.455. The molecule has 310 valence electrons. The molecule has 2 fully saturated rings. The summed E-state index contributed by atoms with van der Waals surface area (Å²) in [4.78, 5) is 70.6. The van der Waals surface area contributed by atoms with Gasteiger partial charge in [0.05, 0.1) is 50.1 Å². The third-order valence-corrected chi connectivity index (χ3v) is 10.5. The predicted octanol–water partition coefficient (Wildman–Crippen LogP) is 7.50. The van der Waals surface area contributed by atoms with Gasteiger partial charge in [0.1, 0.15) is 23.7 Å². The van der Waals surface area contributed by atoms with Gasteiger partial charge in [-0.3, -0.25) is 9.59 Å². The van der Waals surface area contributed by atoms with E-state index in [9.17, 15) is 19.2 Å². The van der Waals surface area contributed by atoms with Crippen molar-refractivity contribution in [2.24, 2.45) is 11.8 Å². The fourth-order valence-electron chi connectivity index (χ4n) is 7.47. The van der Waals surface area contributed by atoms with Crippen LogP contribution in [0.4, 0.5) is 9.59 Å². The first-order valence-corrected chi connectivity index (χ1v) is 20.0. The Labute approximate surface area is 341 Å². The SMILES string of the molecule is C#C.CC.CC[C@H](NC(=O)OC)C(=O)N1C[C@H](C)C[C@H]1c1ncc(-c2ccc(-c3ccc(-c4cnc([C@@H]5CCCN5C(=O)C(NC(=O)OC)C(C)C)[nH]4)cc3)cc2)[nH]1. The number of terminal acetylenes is 1. The number of alkyl carbamates (subject to hydrolysis) is 2. The Morgan fingerprint density at radius 3 is 1.74 bits per heavy atom. The molecular formula is C44H58N8O6. The summed E-state index contributed by atoms with van der Waals surface area (Å²) in [6.07, 6.45) is 13.2. The van der Waals surface area contributed by atoms with Crippen molar-refractivity contribution in [2.45, 2.75) is 91.4 Å². The molecule has 58 heavy (non-hydrogen) atoms. The minimum Gasteiger partial charge on any atom is -0.453 e. The molecule has 0 saturated carbocycles. The number of hydrogen-bond donors (Lipinski definition) is 4. The summed E-state index contributed by atoms with van der Waals surface area (Å²) in [5, 5.41) is 5.35. The second-order valence-corrected chi connectivity index (χ2v) is 14.5. The summed E-state index contributed by atoms with van der Waals surface area (Å²) in [6.45, 7) is 13.0. The lowest BCUT2D eigenvalue weighted by atomic mass is 10.0. The van der Waals surface area contributed by atoms with Crippen LogP contribution in [0.25, 0.3) is 33.6 Å². The quantitative estimate of drug-likeness (QED) is 0.113. The minimum atomic E-state index is -0.687. The number of nitrogens with zero attached hydrogens (tertiary/aromatic N) is 4. The van der Waals surface area contributed by atoms with E-state index in [4.69, 9.17) is 9.47 Å². The Bertz CT molecular complexity index is 1990. The molecule has 6 rings (SSSR count). The smallest absolute Gasteiger partial charge is 0.407 e. The van der Waals surface area contributed by atoms with Gasteiger partial charge in [0.15, 0.2) is 0 Å². The molecule has 4 heterocycles. The van der Waals surface area contributed by atoms with Gasteiger partial charge in [-0.15, -0.1) is 12.8 Å². The maximum atomic E-state index is 13.5. The summed E-state index contributed by atoms with van der Waals surface area (Å²) >= 11 is 0. The lowest BCUT2D eigenvalue weighted by Gasteiger charge is -2.30. The van der Waals surface area contributed by atoms with Gasteiger partial charge in [-0.25, -0.2) is 19.6 Å². The average molecular weight is 795 g/mol. The molecule has 1 unspecified atom stereocenters. The van der Waals surface area contributed by atoms with Crippen LogP contribution in [0, 0.1) is 24.7 Å². The molecule has 0 radical (unpaired) electrons. The van der Waals surface area contributed by atoms with Gasteiger partial charge in [0, 0.05) is 13.1 Å². The standard InChI is InChI=1S/C40H50N8O6.C2H6.C2H2/c1-7-29(45-39(51)53-5)37(49)48-22-24(4)19-33(48)36-42-21-31(44-36)28-16-12-26(13-17-28)25-10-14-27(15-11-25)30-20-41-35(43-30)32-9-8-18-47(32)38(50)34(23(2)3)46-40(52)54-6;2*1-2/h10-17,20-21,23-24,29,32-34H,7-9,18-19,22H2,1-6H3,(H,41,43)(H,42,44)(H,45,51)(H,46,52);1-2H3;1-2H/t24-,29+,32+,33+,34?;;/m1../s1. The number of likely N-dealkylation sites (tertiary alicyclic amines) is 2. The summed E-state index contributed by atoms with van der Waals surface area (Å²) in [6, 6.07) is 14.7. The predicted molar refractivity (Wildman–Crippen MR) is 224 cm³/mol. The third-order valence-electron chi connectivity index (χ3n) is 10.5. The number of carbonyl (C=O) groups excluding carboxylic acids is 4. The molecule has 0 aliphatic carbocycles. The normalized spacial score (nSPS) is 18.2. The van der Waals surface area contributed by atoms with Crippen molar-refractivity contribution in [2.75, 3.05) is 27.3 Å². The lowest BCUT2D eigenvalue weighted by Crippen LogP contribution is -2.51. The monoisotopic (exact) mass is 794 g/mol. The van der Waals surface area contributed by atoms with Gasteiger partial charge in [-0.2, -0.15) is 0 Å².